The number of anilines is 1. The third-order valence-electron chi connectivity index (χ3n) is 7.12. The lowest BCUT2D eigenvalue weighted by atomic mass is 9.96. The van der Waals surface area contributed by atoms with Crippen LogP contribution in [0.25, 0.3) is 5.57 Å². The number of carbonyl (C=O) groups excluding carboxylic acids is 2. The molecule has 5 rings (SSSR count). The Kier molecular flexibility index (Phi) is 6.65. The molecule has 3 aliphatic rings. The topological polar surface area (TPSA) is 134 Å². The van der Waals surface area contributed by atoms with E-state index in [2.05, 4.69) is 10.3 Å². The van der Waals surface area contributed by atoms with Crippen molar-refractivity contribution < 1.29 is 28.2 Å². The molecule has 1 amide bonds. The fraction of sp³-hybridized carbons (Fsp3) is 0.500. The number of nitrogens with one attached hydrogen (secondary N) is 1. The smallest absolute Gasteiger partial charge is 0.257 e. The highest BCUT2D eigenvalue weighted by molar-refractivity contribution is 7.92. The molecule has 192 valence electrons. The van der Waals surface area contributed by atoms with Crippen LogP contribution in [0.15, 0.2) is 34.6 Å². The fourth-order valence-electron chi connectivity index (χ4n) is 4.59. The zero-order valence-corrected chi connectivity index (χ0v) is 21.7. The van der Waals surface area contributed by atoms with Crippen LogP contribution in [0.3, 0.4) is 0 Å². The predicted molar refractivity (Wildman–Crippen MR) is 136 cm³/mol. The Morgan fingerprint density at radius 3 is 2.61 bits per heavy atom. The average molecular weight is 531 g/mol. The molecule has 3 aliphatic carbocycles. The van der Waals surface area contributed by atoms with Gasteiger partial charge < -0.3 is 10.2 Å². The van der Waals surface area contributed by atoms with E-state index in [9.17, 15) is 28.2 Å². The highest BCUT2D eigenvalue weighted by Gasteiger charge is 2.40. The molecule has 0 bridgehead atoms. The largest absolute Gasteiger partial charge is 0.393 e. The Balaban J connectivity index is 1.49. The summed E-state index contributed by atoms with van der Waals surface area (Å²) in [4.78, 5) is 30.0. The van der Waals surface area contributed by atoms with Gasteiger partial charge in [0.25, 0.3) is 5.91 Å². The lowest BCUT2D eigenvalue weighted by Crippen LogP contribution is -2.26. The number of aliphatic hydroxyl groups is 2. The number of hydrogen-bond acceptors (Lipinski definition) is 8. The molecule has 1 unspecified atom stereocenters. The van der Waals surface area contributed by atoms with E-state index in [-0.39, 0.29) is 33.7 Å². The molecule has 3 saturated carbocycles. The van der Waals surface area contributed by atoms with Crippen LogP contribution in [-0.4, -0.2) is 47.2 Å². The zero-order chi connectivity index (χ0) is 25.7. The summed E-state index contributed by atoms with van der Waals surface area (Å²) in [5.41, 5.74) is 0.490. The van der Waals surface area contributed by atoms with E-state index in [0.717, 1.165) is 29.7 Å². The summed E-state index contributed by atoms with van der Waals surface area (Å²) in [6.45, 7) is 0.928. The van der Waals surface area contributed by atoms with Crippen molar-refractivity contribution in [1.82, 2.24) is 4.98 Å². The first-order chi connectivity index (χ1) is 17.1. The number of Topliss-reactive ketones (excluding diaryl/α,β-unsaturated/α-hetero) is 1. The van der Waals surface area contributed by atoms with Crippen LogP contribution in [0.5, 0.6) is 0 Å². The fourth-order valence-corrected chi connectivity index (χ4v) is 7.35. The molecule has 10 heteroatoms. The van der Waals surface area contributed by atoms with Gasteiger partial charge in [-0.05, 0) is 74.1 Å². The molecule has 1 heterocycles. The van der Waals surface area contributed by atoms with E-state index >= 15 is 0 Å². The standard InChI is InChI=1S/C26H30N2O6S2/c1-26(32,14-29)23-13-35-25(27-23)28-24(31)21(11-15-2-6-18(30)10-15)17-5-9-22(20(12-17)16-3-4-16)36(33,34)19-7-8-19/h5,9,11-13,15-16,19,29,32H,2-4,6-8,10,14H2,1H3,(H,27,28,31)/b21-11+/t15-,26?/m0/s1. The van der Waals surface area contributed by atoms with E-state index < -0.39 is 28.0 Å². The van der Waals surface area contributed by atoms with Crippen molar-refractivity contribution in [3.63, 3.8) is 0 Å². The van der Waals surface area contributed by atoms with Gasteiger partial charge in [0.15, 0.2) is 15.0 Å². The maximum Gasteiger partial charge on any atom is 0.257 e. The molecule has 36 heavy (non-hydrogen) atoms. The molecule has 3 N–H and O–H groups in total. The number of nitrogens with zero attached hydrogens (tertiary/aromatic N) is 1. The van der Waals surface area contributed by atoms with Gasteiger partial charge in [-0.2, -0.15) is 0 Å². The van der Waals surface area contributed by atoms with Crippen molar-refractivity contribution in [3.05, 3.63) is 46.5 Å². The molecule has 0 saturated heterocycles. The first kappa shape index (κ1) is 25.3. The van der Waals surface area contributed by atoms with Crippen molar-refractivity contribution in [2.75, 3.05) is 11.9 Å². The van der Waals surface area contributed by atoms with Crippen LogP contribution in [-0.2, 0) is 25.0 Å². The van der Waals surface area contributed by atoms with Crippen molar-refractivity contribution in [3.8, 4) is 0 Å². The molecule has 1 aromatic carbocycles. The van der Waals surface area contributed by atoms with Crippen molar-refractivity contribution in [2.24, 2.45) is 5.92 Å². The Hall–Kier alpha value is -2.40. The molecular formula is C26H30N2O6S2. The van der Waals surface area contributed by atoms with Gasteiger partial charge in [0, 0.05) is 23.8 Å². The zero-order valence-electron chi connectivity index (χ0n) is 20.1. The number of aromatic nitrogens is 1. The van der Waals surface area contributed by atoms with Gasteiger partial charge in [-0.25, -0.2) is 13.4 Å². The predicted octanol–water partition coefficient (Wildman–Crippen LogP) is 3.55. The average Bonchev–Trinajstić information content (AvgIpc) is 3.78. The number of allylic oxidation sites excluding steroid dienone is 1. The van der Waals surface area contributed by atoms with E-state index in [1.54, 1.807) is 17.5 Å². The van der Waals surface area contributed by atoms with Crippen LogP contribution < -0.4 is 5.32 Å². The van der Waals surface area contributed by atoms with E-state index in [1.165, 1.54) is 6.92 Å². The quantitative estimate of drug-likeness (QED) is 0.422. The molecule has 8 nitrogen and oxygen atoms in total. The number of benzene rings is 1. The number of carbonyl (C=O) groups is 2. The van der Waals surface area contributed by atoms with Gasteiger partial charge in [-0.15, -0.1) is 11.3 Å². The summed E-state index contributed by atoms with van der Waals surface area (Å²) < 4.78 is 26.1. The highest BCUT2D eigenvalue weighted by atomic mass is 32.2. The van der Waals surface area contributed by atoms with Gasteiger partial charge in [0.05, 0.1) is 22.4 Å². The SMILES string of the molecule is CC(O)(CO)c1csc(NC(=O)/C(=C/[C@H]2CCC(=O)C2)c2ccc(S(=O)(=O)C3CC3)c(C3CC3)c2)n1. The Morgan fingerprint density at radius 2 is 2.00 bits per heavy atom. The maximum atomic E-state index is 13.5. The van der Waals surface area contributed by atoms with Crippen LogP contribution in [0.4, 0.5) is 5.13 Å². The summed E-state index contributed by atoms with van der Waals surface area (Å²) in [5, 5.41) is 24.0. The van der Waals surface area contributed by atoms with Crippen molar-refractivity contribution in [1.29, 1.82) is 0 Å². The minimum absolute atomic E-state index is 0.0699. The molecule has 3 fully saturated rings. The highest BCUT2D eigenvalue weighted by Crippen LogP contribution is 2.46. The normalized spacial score (nSPS) is 22.5. The molecule has 0 spiro atoms. The minimum atomic E-state index is -3.37. The Labute approximate surface area is 214 Å². The second-order valence-corrected chi connectivity index (χ2v) is 13.4. The van der Waals surface area contributed by atoms with Crippen LogP contribution in [0.1, 0.15) is 74.6 Å². The van der Waals surface area contributed by atoms with Gasteiger partial charge in [-0.3, -0.25) is 14.9 Å². The van der Waals surface area contributed by atoms with Gasteiger partial charge in [-0.1, -0.05) is 12.1 Å². The monoisotopic (exact) mass is 530 g/mol. The number of hydrogen-bond donors (Lipinski definition) is 3. The van der Waals surface area contributed by atoms with Gasteiger partial charge >= 0.3 is 0 Å². The Bertz CT molecular complexity index is 1340. The summed E-state index contributed by atoms with van der Waals surface area (Å²) in [6, 6.07) is 5.16. The van der Waals surface area contributed by atoms with E-state index in [0.29, 0.717) is 48.1 Å². The lowest BCUT2D eigenvalue weighted by Gasteiger charge is -2.17. The molecular weight excluding hydrogens is 500 g/mol. The van der Waals surface area contributed by atoms with Gasteiger partial charge in [0.2, 0.25) is 0 Å². The third kappa shape index (κ3) is 5.18. The molecule has 1 aromatic heterocycles. The lowest BCUT2D eigenvalue weighted by molar-refractivity contribution is -0.117. The number of aliphatic hydroxyl groups excluding tert-OH is 1. The second-order valence-electron chi connectivity index (χ2n) is 10.3. The first-order valence-corrected chi connectivity index (χ1v) is 14.7. The molecule has 0 radical (unpaired) electrons. The Morgan fingerprint density at radius 1 is 1.25 bits per heavy atom. The van der Waals surface area contributed by atoms with E-state index in [1.807, 2.05) is 12.1 Å². The second kappa shape index (κ2) is 9.48. The number of amides is 1. The molecule has 2 atom stereocenters. The molecule has 0 aliphatic heterocycles. The number of ketones is 1. The number of sulfone groups is 1. The van der Waals surface area contributed by atoms with Crippen LogP contribution in [0, 0.1) is 5.92 Å². The summed E-state index contributed by atoms with van der Waals surface area (Å²) in [7, 11) is -3.37. The van der Waals surface area contributed by atoms with Crippen molar-refractivity contribution >= 4 is 43.6 Å². The third-order valence-corrected chi connectivity index (χ3v) is 10.2. The van der Waals surface area contributed by atoms with Gasteiger partial charge in [0.1, 0.15) is 11.4 Å². The minimum Gasteiger partial charge on any atom is -0.393 e. The summed E-state index contributed by atoms with van der Waals surface area (Å²) in [5.74, 6) is -0.151. The molecule has 2 aromatic rings. The first-order valence-electron chi connectivity index (χ1n) is 12.3. The number of thiazole rings is 1. The summed E-state index contributed by atoms with van der Waals surface area (Å²) >= 11 is 1.14. The van der Waals surface area contributed by atoms with Crippen molar-refractivity contribution in [2.45, 2.75) is 73.5 Å². The van der Waals surface area contributed by atoms with E-state index in [4.69, 9.17) is 0 Å². The maximum absolute atomic E-state index is 13.5. The summed E-state index contributed by atoms with van der Waals surface area (Å²) in [6.07, 6.45) is 6.57. The van der Waals surface area contributed by atoms with Crippen LogP contribution in [0.2, 0.25) is 0 Å². The number of rotatable bonds is 9. The van der Waals surface area contributed by atoms with Crippen LogP contribution >= 0.6 is 11.3 Å².